The summed E-state index contributed by atoms with van der Waals surface area (Å²) in [6.07, 6.45) is 3.01. The van der Waals surface area contributed by atoms with Crippen LogP contribution >= 0.6 is 0 Å². The Hall–Kier alpha value is -2.74. The molecule has 0 radical (unpaired) electrons. The number of hydrogen-bond acceptors (Lipinski definition) is 9. The summed E-state index contributed by atoms with van der Waals surface area (Å²) >= 11 is 0. The maximum Gasteiger partial charge on any atom is 0.238 e. The number of amidine groups is 1. The molecule has 0 spiro atoms. The molecule has 3 heterocycles. The third kappa shape index (κ3) is 4.56. The van der Waals surface area contributed by atoms with Gasteiger partial charge in [0.2, 0.25) is 5.91 Å². The first kappa shape index (κ1) is 20.0. The number of nitrogens with two attached hydrogens (primary N) is 1. The molecule has 3 unspecified atom stereocenters. The molecule has 150 valence electrons. The third-order valence-corrected chi connectivity index (χ3v) is 4.67. The molecule has 3 atom stereocenters. The third-order valence-electron chi connectivity index (χ3n) is 4.67. The topological polar surface area (TPSA) is 132 Å². The van der Waals surface area contributed by atoms with Crippen LogP contribution in [0.5, 0.6) is 5.75 Å². The van der Waals surface area contributed by atoms with E-state index in [-0.39, 0.29) is 11.8 Å². The van der Waals surface area contributed by atoms with Gasteiger partial charge in [0.1, 0.15) is 29.8 Å². The molecule has 0 saturated carbocycles. The smallest absolute Gasteiger partial charge is 0.238 e. The Labute approximate surface area is 164 Å². The Bertz CT molecular complexity index is 775. The van der Waals surface area contributed by atoms with Crippen LogP contribution in [0.4, 0.5) is 5.69 Å². The Balaban J connectivity index is 1.69. The first-order valence-corrected chi connectivity index (χ1v) is 9.22. The summed E-state index contributed by atoms with van der Waals surface area (Å²) in [7, 11) is 3.93. The van der Waals surface area contributed by atoms with Crippen molar-refractivity contribution in [3.8, 4) is 11.8 Å². The number of rotatable bonds is 7. The number of fused-ring (bicyclic) bond motifs is 1. The molecule has 1 aromatic heterocycles. The van der Waals surface area contributed by atoms with Crippen molar-refractivity contribution in [2.45, 2.75) is 12.6 Å². The Kier molecular flexibility index (Phi) is 6.41. The summed E-state index contributed by atoms with van der Waals surface area (Å²) in [6.45, 7) is 2.37. The zero-order valence-corrected chi connectivity index (χ0v) is 16.1. The van der Waals surface area contributed by atoms with E-state index in [9.17, 15) is 4.79 Å². The van der Waals surface area contributed by atoms with Gasteiger partial charge < -0.3 is 20.7 Å². The lowest BCUT2D eigenvalue weighted by molar-refractivity contribution is -0.118. The Morgan fingerprint density at radius 3 is 3.14 bits per heavy atom. The number of anilines is 1. The van der Waals surface area contributed by atoms with Crippen LogP contribution in [-0.2, 0) is 4.79 Å². The minimum Gasteiger partial charge on any atom is -0.490 e. The summed E-state index contributed by atoms with van der Waals surface area (Å²) in [5.41, 5.74) is 9.73. The molecule has 0 aromatic carbocycles. The quantitative estimate of drug-likeness (QED) is 0.578. The van der Waals surface area contributed by atoms with Gasteiger partial charge in [-0.25, -0.2) is 5.43 Å². The second kappa shape index (κ2) is 8.97. The van der Waals surface area contributed by atoms with E-state index in [4.69, 9.17) is 15.7 Å². The van der Waals surface area contributed by atoms with E-state index in [0.29, 0.717) is 43.4 Å². The van der Waals surface area contributed by atoms with Crippen LogP contribution in [0.3, 0.4) is 0 Å². The lowest BCUT2D eigenvalue weighted by Gasteiger charge is -2.28. The summed E-state index contributed by atoms with van der Waals surface area (Å²) in [4.78, 5) is 23.5. The van der Waals surface area contributed by atoms with Crippen LogP contribution in [0.2, 0.25) is 0 Å². The van der Waals surface area contributed by atoms with Gasteiger partial charge in [-0.15, -0.1) is 0 Å². The number of ether oxygens (including phenoxy) is 1. The number of hydrogen-bond donors (Lipinski definition) is 3. The summed E-state index contributed by atoms with van der Waals surface area (Å²) in [5.74, 6) is 0.396. The van der Waals surface area contributed by atoms with Gasteiger partial charge in [0, 0.05) is 44.2 Å². The first-order chi connectivity index (χ1) is 13.5. The highest BCUT2D eigenvalue weighted by Gasteiger charge is 2.43. The van der Waals surface area contributed by atoms with Gasteiger partial charge >= 0.3 is 0 Å². The molecule has 2 aliphatic rings. The van der Waals surface area contributed by atoms with E-state index in [2.05, 4.69) is 26.8 Å². The zero-order valence-electron chi connectivity index (χ0n) is 16.1. The maximum absolute atomic E-state index is 12.9. The first-order valence-electron chi connectivity index (χ1n) is 9.22. The average Bonchev–Trinajstić information content (AvgIpc) is 2.98. The lowest BCUT2D eigenvalue weighted by atomic mass is 10.0. The van der Waals surface area contributed by atoms with Gasteiger partial charge in [0.15, 0.2) is 0 Å². The SMILES string of the molecule is CN(C)CCOc1ccncc1NC(=O)C1C2=NCC(CC#N)CN2NC1N. The number of nitrogens with one attached hydrogen (secondary N) is 2. The molecule has 2 aliphatic heterocycles. The monoisotopic (exact) mass is 386 g/mol. The molecule has 3 rings (SSSR count). The van der Waals surface area contributed by atoms with Gasteiger partial charge in [-0.05, 0) is 14.1 Å². The number of carbonyl (C=O) groups is 1. The zero-order chi connectivity index (χ0) is 20.1. The molecule has 1 saturated heterocycles. The highest BCUT2D eigenvalue weighted by atomic mass is 16.5. The van der Waals surface area contributed by atoms with E-state index in [1.54, 1.807) is 23.5 Å². The van der Waals surface area contributed by atoms with E-state index in [1.165, 1.54) is 0 Å². The molecule has 1 fully saturated rings. The molecule has 0 bridgehead atoms. The van der Waals surface area contributed by atoms with Crippen molar-refractivity contribution in [2.75, 3.05) is 45.7 Å². The van der Waals surface area contributed by atoms with Crippen LogP contribution in [0.1, 0.15) is 6.42 Å². The van der Waals surface area contributed by atoms with Crippen molar-refractivity contribution in [3.63, 3.8) is 0 Å². The average molecular weight is 386 g/mol. The largest absolute Gasteiger partial charge is 0.490 e. The van der Waals surface area contributed by atoms with E-state index in [1.807, 2.05) is 19.0 Å². The fourth-order valence-corrected chi connectivity index (χ4v) is 3.21. The lowest BCUT2D eigenvalue weighted by Crippen LogP contribution is -2.45. The van der Waals surface area contributed by atoms with E-state index < -0.39 is 12.1 Å². The minimum absolute atomic E-state index is 0.130. The highest BCUT2D eigenvalue weighted by molar-refractivity contribution is 6.10. The van der Waals surface area contributed by atoms with Gasteiger partial charge in [0.25, 0.3) is 0 Å². The number of nitriles is 1. The van der Waals surface area contributed by atoms with Crippen molar-refractivity contribution in [1.82, 2.24) is 20.3 Å². The second-order valence-electron chi connectivity index (χ2n) is 7.18. The molecule has 1 aromatic rings. The number of nitrogens with zero attached hydrogens (tertiary/aromatic N) is 5. The number of aromatic nitrogens is 1. The second-order valence-corrected chi connectivity index (χ2v) is 7.18. The Morgan fingerprint density at radius 1 is 1.57 bits per heavy atom. The molecular weight excluding hydrogens is 360 g/mol. The van der Waals surface area contributed by atoms with Crippen molar-refractivity contribution in [2.24, 2.45) is 22.6 Å². The molecule has 28 heavy (non-hydrogen) atoms. The minimum atomic E-state index is -0.627. The predicted molar refractivity (Wildman–Crippen MR) is 104 cm³/mol. The van der Waals surface area contributed by atoms with Gasteiger partial charge in [-0.3, -0.25) is 19.8 Å². The standard InChI is InChI=1S/C18H26N8O2/c1-25(2)7-8-28-14-4-6-21-10-13(14)23-18(27)15-16(20)24-26-11-12(3-5-19)9-22-17(15)26/h4,6,10,12,15-16,24H,3,7-9,11,20H2,1-2H3,(H,23,27). The van der Waals surface area contributed by atoms with Crippen molar-refractivity contribution in [3.05, 3.63) is 18.5 Å². The van der Waals surface area contributed by atoms with E-state index in [0.717, 1.165) is 6.54 Å². The van der Waals surface area contributed by atoms with Crippen LogP contribution < -0.4 is 21.2 Å². The Morgan fingerprint density at radius 2 is 2.39 bits per heavy atom. The highest BCUT2D eigenvalue weighted by Crippen LogP contribution is 2.26. The predicted octanol–water partition coefficient (Wildman–Crippen LogP) is -0.376. The fraction of sp³-hybridized carbons (Fsp3) is 0.556. The van der Waals surface area contributed by atoms with Crippen LogP contribution in [-0.4, -0.2) is 73.1 Å². The fourth-order valence-electron chi connectivity index (χ4n) is 3.21. The van der Waals surface area contributed by atoms with Gasteiger partial charge in [0.05, 0.1) is 18.4 Å². The molecule has 1 amide bonds. The summed E-state index contributed by atoms with van der Waals surface area (Å²) < 4.78 is 5.77. The number of hydrazine groups is 1. The molecule has 10 nitrogen and oxygen atoms in total. The molecule has 0 aliphatic carbocycles. The van der Waals surface area contributed by atoms with Gasteiger partial charge in [-0.2, -0.15) is 5.26 Å². The molecule has 10 heteroatoms. The molecular formula is C18H26N8O2. The van der Waals surface area contributed by atoms with Crippen LogP contribution in [0.15, 0.2) is 23.5 Å². The van der Waals surface area contributed by atoms with E-state index >= 15 is 0 Å². The number of carbonyl (C=O) groups excluding carboxylic acids is 1. The summed E-state index contributed by atoms with van der Waals surface area (Å²) in [5, 5.41) is 13.5. The van der Waals surface area contributed by atoms with Crippen molar-refractivity contribution in [1.29, 1.82) is 5.26 Å². The normalized spacial score (nSPS) is 23.8. The molecule has 4 N–H and O–H groups in total. The summed E-state index contributed by atoms with van der Waals surface area (Å²) in [6, 6.07) is 3.88. The van der Waals surface area contributed by atoms with Crippen LogP contribution in [0.25, 0.3) is 0 Å². The number of amides is 1. The van der Waals surface area contributed by atoms with Crippen molar-refractivity contribution < 1.29 is 9.53 Å². The number of pyridine rings is 1. The van der Waals surface area contributed by atoms with Gasteiger partial charge in [-0.1, -0.05) is 0 Å². The number of aliphatic imine (C=N–C) groups is 1. The maximum atomic E-state index is 12.9. The number of likely N-dealkylation sites (N-methyl/N-ethyl adjacent to an activating group) is 1. The van der Waals surface area contributed by atoms with Crippen molar-refractivity contribution >= 4 is 17.4 Å². The van der Waals surface area contributed by atoms with Crippen LogP contribution in [0, 0.1) is 23.2 Å².